The maximum atomic E-state index is 13.3. The minimum absolute atomic E-state index is 0.190. The van der Waals surface area contributed by atoms with Crippen LogP contribution >= 0.6 is 0 Å². The van der Waals surface area contributed by atoms with E-state index in [2.05, 4.69) is 10.4 Å². The van der Waals surface area contributed by atoms with Crippen LogP contribution in [0.5, 0.6) is 0 Å². The van der Waals surface area contributed by atoms with Crippen molar-refractivity contribution < 1.29 is 24.6 Å². The Hall–Kier alpha value is -4.27. The summed E-state index contributed by atoms with van der Waals surface area (Å²) < 4.78 is 1.15. The van der Waals surface area contributed by atoms with Crippen molar-refractivity contribution in [1.29, 1.82) is 0 Å². The second kappa shape index (κ2) is 10.4. The smallest absolute Gasteiger partial charge is 0.326 e. The Morgan fingerprint density at radius 2 is 1.55 bits per heavy atom. The molecule has 0 unspecified atom stereocenters. The Balaban J connectivity index is 2.23. The van der Waals surface area contributed by atoms with Crippen LogP contribution in [0.25, 0.3) is 22.4 Å². The largest absolute Gasteiger partial charge is 0.481 e. The van der Waals surface area contributed by atoms with Crippen molar-refractivity contribution in [3.05, 3.63) is 76.6 Å². The van der Waals surface area contributed by atoms with Crippen LogP contribution in [-0.4, -0.2) is 43.9 Å². The van der Waals surface area contributed by atoms with Gasteiger partial charge in [0.2, 0.25) is 0 Å². The first-order chi connectivity index (χ1) is 15.8. The standard InChI is InChI=1S/C24H23N3O6/c1-2-27-23(31)20(22(30)25-17(24(32)33)13-14-18(28)29)19(15-9-5-3-6-10-15)21(26-27)16-11-7-4-8-12-16/h3-12,17H,2,13-14H2,1H3,(H,25,30)(H,28,29)(H,32,33)/t17-/m0/s1. The van der Waals surface area contributed by atoms with Crippen molar-refractivity contribution in [1.82, 2.24) is 15.1 Å². The molecule has 0 saturated heterocycles. The van der Waals surface area contributed by atoms with E-state index in [1.54, 1.807) is 61.5 Å². The van der Waals surface area contributed by atoms with E-state index in [0.717, 1.165) is 4.68 Å². The first-order valence-electron chi connectivity index (χ1n) is 10.3. The molecule has 3 N–H and O–H groups in total. The van der Waals surface area contributed by atoms with Gasteiger partial charge in [-0.05, 0) is 18.9 Å². The first-order valence-corrected chi connectivity index (χ1v) is 10.3. The third-order valence-electron chi connectivity index (χ3n) is 5.04. The number of carboxylic acids is 2. The fourth-order valence-electron chi connectivity index (χ4n) is 3.44. The fraction of sp³-hybridized carbons (Fsp3) is 0.208. The maximum Gasteiger partial charge on any atom is 0.326 e. The zero-order valence-electron chi connectivity index (χ0n) is 17.9. The number of nitrogens with zero attached hydrogens (tertiary/aromatic N) is 2. The molecule has 3 rings (SSSR count). The number of hydrogen-bond donors (Lipinski definition) is 3. The summed E-state index contributed by atoms with van der Waals surface area (Å²) in [5.41, 5.74) is 0.983. The van der Waals surface area contributed by atoms with Gasteiger partial charge in [-0.3, -0.25) is 14.4 Å². The van der Waals surface area contributed by atoms with Crippen molar-refractivity contribution in [2.24, 2.45) is 0 Å². The van der Waals surface area contributed by atoms with Crippen LogP contribution < -0.4 is 10.9 Å². The lowest BCUT2D eigenvalue weighted by Gasteiger charge is -2.18. The number of aromatic nitrogens is 2. The van der Waals surface area contributed by atoms with Crippen molar-refractivity contribution in [3.8, 4) is 22.4 Å². The Labute approximate surface area is 189 Å². The summed E-state index contributed by atoms with van der Waals surface area (Å²) in [4.78, 5) is 49.1. The monoisotopic (exact) mass is 449 g/mol. The van der Waals surface area contributed by atoms with Gasteiger partial charge in [0.25, 0.3) is 11.5 Å². The van der Waals surface area contributed by atoms with Gasteiger partial charge in [0.05, 0.1) is 5.69 Å². The summed E-state index contributed by atoms with van der Waals surface area (Å²) in [6.07, 6.45) is -0.775. The second-order valence-electron chi connectivity index (χ2n) is 7.25. The molecule has 0 saturated carbocycles. The summed E-state index contributed by atoms with van der Waals surface area (Å²) in [6.45, 7) is 1.90. The second-order valence-corrected chi connectivity index (χ2v) is 7.25. The predicted molar refractivity (Wildman–Crippen MR) is 121 cm³/mol. The van der Waals surface area contributed by atoms with Gasteiger partial charge in [0.1, 0.15) is 11.6 Å². The number of aryl methyl sites for hydroxylation is 1. The lowest BCUT2D eigenvalue weighted by molar-refractivity contribution is -0.140. The van der Waals surface area contributed by atoms with Gasteiger partial charge in [-0.2, -0.15) is 5.10 Å². The van der Waals surface area contributed by atoms with Crippen LogP contribution in [0, 0.1) is 0 Å². The molecule has 9 nitrogen and oxygen atoms in total. The fourth-order valence-corrected chi connectivity index (χ4v) is 3.44. The number of aliphatic carboxylic acids is 2. The molecule has 1 aromatic heterocycles. The number of hydrogen-bond acceptors (Lipinski definition) is 5. The van der Waals surface area contributed by atoms with Gasteiger partial charge in [0, 0.05) is 24.1 Å². The van der Waals surface area contributed by atoms with Gasteiger partial charge >= 0.3 is 11.9 Å². The molecule has 1 amide bonds. The van der Waals surface area contributed by atoms with Crippen LogP contribution in [-0.2, 0) is 16.1 Å². The van der Waals surface area contributed by atoms with E-state index in [9.17, 15) is 24.3 Å². The van der Waals surface area contributed by atoms with Crippen LogP contribution in [0.3, 0.4) is 0 Å². The summed E-state index contributed by atoms with van der Waals surface area (Å²) in [6, 6.07) is 16.3. The molecular weight excluding hydrogens is 426 g/mol. The molecule has 0 aliphatic rings. The summed E-state index contributed by atoms with van der Waals surface area (Å²) >= 11 is 0. The normalized spacial score (nSPS) is 11.5. The van der Waals surface area contributed by atoms with Crippen molar-refractivity contribution in [2.75, 3.05) is 0 Å². The number of carbonyl (C=O) groups is 3. The van der Waals surface area contributed by atoms with Gasteiger partial charge in [0.15, 0.2) is 0 Å². The third-order valence-corrected chi connectivity index (χ3v) is 5.04. The molecule has 1 heterocycles. The van der Waals surface area contributed by atoms with Crippen LogP contribution in [0.15, 0.2) is 65.5 Å². The molecule has 9 heteroatoms. The van der Waals surface area contributed by atoms with Crippen LogP contribution in [0.1, 0.15) is 30.1 Å². The van der Waals surface area contributed by atoms with Crippen LogP contribution in [0.2, 0.25) is 0 Å². The minimum Gasteiger partial charge on any atom is -0.481 e. The highest BCUT2D eigenvalue weighted by molar-refractivity contribution is 6.04. The SMILES string of the molecule is CCn1nc(-c2ccccc2)c(-c2ccccc2)c(C(=O)N[C@@H](CCC(=O)O)C(=O)O)c1=O. The minimum atomic E-state index is -1.47. The molecule has 1 atom stereocenters. The van der Waals surface area contributed by atoms with E-state index in [1.807, 2.05) is 6.07 Å². The lowest BCUT2D eigenvalue weighted by atomic mass is 9.95. The summed E-state index contributed by atoms with van der Waals surface area (Å²) in [5, 5.41) is 25.2. The highest BCUT2D eigenvalue weighted by Crippen LogP contribution is 2.32. The number of carbonyl (C=O) groups excluding carboxylic acids is 1. The molecule has 2 aromatic carbocycles. The average Bonchev–Trinajstić information content (AvgIpc) is 2.82. The van der Waals surface area contributed by atoms with Gasteiger partial charge in [-0.25, -0.2) is 9.48 Å². The zero-order chi connectivity index (χ0) is 24.0. The molecule has 170 valence electrons. The topological polar surface area (TPSA) is 139 Å². The molecule has 3 aromatic rings. The van der Waals surface area contributed by atoms with E-state index in [-0.39, 0.29) is 24.1 Å². The number of amides is 1. The molecule has 0 bridgehead atoms. The molecular formula is C24H23N3O6. The molecule has 0 radical (unpaired) electrons. The Bertz CT molecular complexity index is 1220. The predicted octanol–water partition coefficient (Wildman–Crippen LogP) is 2.64. The van der Waals surface area contributed by atoms with E-state index in [0.29, 0.717) is 16.8 Å². The van der Waals surface area contributed by atoms with E-state index in [4.69, 9.17) is 5.11 Å². The summed E-state index contributed by atoms with van der Waals surface area (Å²) in [7, 11) is 0. The Morgan fingerprint density at radius 1 is 0.970 bits per heavy atom. The van der Waals surface area contributed by atoms with E-state index >= 15 is 0 Å². The molecule has 0 aliphatic heterocycles. The highest BCUT2D eigenvalue weighted by Gasteiger charge is 2.28. The third kappa shape index (κ3) is 5.32. The van der Waals surface area contributed by atoms with Gasteiger partial charge in [-0.15, -0.1) is 0 Å². The van der Waals surface area contributed by atoms with E-state index < -0.39 is 35.9 Å². The van der Waals surface area contributed by atoms with Crippen molar-refractivity contribution >= 4 is 17.8 Å². The maximum absolute atomic E-state index is 13.3. The number of nitrogens with one attached hydrogen (secondary N) is 1. The van der Waals surface area contributed by atoms with Crippen molar-refractivity contribution in [3.63, 3.8) is 0 Å². The Morgan fingerprint density at radius 3 is 2.06 bits per heavy atom. The summed E-state index contributed by atoms with van der Waals surface area (Å²) in [5.74, 6) is -3.48. The molecule has 0 spiro atoms. The van der Waals surface area contributed by atoms with Gasteiger partial charge < -0.3 is 15.5 Å². The number of carboxylic acid groups (broad SMARTS) is 2. The lowest BCUT2D eigenvalue weighted by Crippen LogP contribution is -2.44. The number of rotatable bonds is 9. The van der Waals surface area contributed by atoms with Gasteiger partial charge in [-0.1, -0.05) is 60.7 Å². The highest BCUT2D eigenvalue weighted by atomic mass is 16.4. The first kappa shape index (κ1) is 23.4. The molecule has 0 aliphatic carbocycles. The van der Waals surface area contributed by atoms with Crippen molar-refractivity contribution in [2.45, 2.75) is 32.4 Å². The number of benzene rings is 2. The van der Waals surface area contributed by atoms with E-state index in [1.165, 1.54) is 0 Å². The Kier molecular flexibility index (Phi) is 7.34. The molecule has 33 heavy (non-hydrogen) atoms. The average molecular weight is 449 g/mol. The molecule has 0 fully saturated rings. The quantitative estimate of drug-likeness (QED) is 0.456. The van der Waals surface area contributed by atoms with Crippen LogP contribution in [0.4, 0.5) is 0 Å². The zero-order valence-corrected chi connectivity index (χ0v) is 17.9.